The molecule has 0 spiro atoms. The second kappa shape index (κ2) is 4.86. The smallest absolute Gasteiger partial charge is 0.0184 e. The SMILES string of the molecule is CSC1CCN(C2CCNC(C)C2)C1. The molecule has 14 heavy (non-hydrogen) atoms. The van der Waals surface area contributed by atoms with E-state index in [1.165, 1.54) is 38.9 Å². The van der Waals surface area contributed by atoms with E-state index >= 15 is 0 Å². The Morgan fingerprint density at radius 1 is 1.36 bits per heavy atom. The fraction of sp³-hybridized carbons (Fsp3) is 1.00. The van der Waals surface area contributed by atoms with E-state index < -0.39 is 0 Å². The van der Waals surface area contributed by atoms with E-state index in [1.807, 2.05) is 11.8 Å². The van der Waals surface area contributed by atoms with Gasteiger partial charge in [0.2, 0.25) is 0 Å². The number of thioether (sulfide) groups is 1. The minimum atomic E-state index is 0.724. The summed E-state index contributed by atoms with van der Waals surface area (Å²) in [4.78, 5) is 2.72. The Hall–Kier alpha value is 0.270. The number of rotatable bonds is 2. The highest BCUT2D eigenvalue weighted by Crippen LogP contribution is 2.25. The summed E-state index contributed by atoms with van der Waals surface area (Å²) in [6.07, 6.45) is 6.35. The summed E-state index contributed by atoms with van der Waals surface area (Å²) < 4.78 is 0. The summed E-state index contributed by atoms with van der Waals surface area (Å²) >= 11 is 2.04. The van der Waals surface area contributed by atoms with Gasteiger partial charge in [-0.2, -0.15) is 11.8 Å². The van der Waals surface area contributed by atoms with Gasteiger partial charge in [-0.25, -0.2) is 0 Å². The first-order valence-corrected chi connectivity index (χ1v) is 7.08. The van der Waals surface area contributed by atoms with Crippen LogP contribution in [0.4, 0.5) is 0 Å². The molecule has 3 heteroatoms. The molecule has 3 atom stereocenters. The van der Waals surface area contributed by atoms with Gasteiger partial charge in [-0.15, -0.1) is 0 Å². The molecule has 2 nitrogen and oxygen atoms in total. The van der Waals surface area contributed by atoms with Crippen LogP contribution in [-0.4, -0.2) is 48.1 Å². The predicted molar refractivity (Wildman–Crippen MR) is 64.0 cm³/mol. The van der Waals surface area contributed by atoms with Crippen LogP contribution in [0, 0.1) is 0 Å². The van der Waals surface area contributed by atoms with Gasteiger partial charge in [-0.05, 0) is 45.5 Å². The molecule has 0 saturated carbocycles. The fourth-order valence-electron chi connectivity index (χ4n) is 2.72. The van der Waals surface area contributed by atoms with Gasteiger partial charge in [0.25, 0.3) is 0 Å². The molecule has 0 bridgehead atoms. The first-order valence-electron chi connectivity index (χ1n) is 5.80. The Balaban J connectivity index is 1.83. The van der Waals surface area contributed by atoms with Crippen LogP contribution in [0.25, 0.3) is 0 Å². The zero-order valence-corrected chi connectivity index (χ0v) is 10.1. The number of hydrogen-bond donors (Lipinski definition) is 1. The fourth-order valence-corrected chi connectivity index (χ4v) is 3.40. The maximum atomic E-state index is 3.53. The summed E-state index contributed by atoms with van der Waals surface area (Å²) in [7, 11) is 0. The van der Waals surface area contributed by atoms with E-state index in [0.717, 1.165) is 17.3 Å². The van der Waals surface area contributed by atoms with Crippen molar-refractivity contribution in [3.05, 3.63) is 0 Å². The highest BCUT2D eigenvalue weighted by Gasteiger charge is 2.29. The monoisotopic (exact) mass is 214 g/mol. The highest BCUT2D eigenvalue weighted by atomic mass is 32.2. The van der Waals surface area contributed by atoms with Gasteiger partial charge in [-0.3, -0.25) is 4.90 Å². The first kappa shape index (κ1) is 10.8. The molecule has 3 unspecified atom stereocenters. The number of nitrogens with one attached hydrogen (secondary N) is 1. The molecule has 0 aromatic heterocycles. The first-order chi connectivity index (χ1) is 6.79. The molecular weight excluding hydrogens is 192 g/mol. The zero-order chi connectivity index (χ0) is 9.97. The average Bonchev–Trinajstić information content (AvgIpc) is 2.66. The third kappa shape index (κ3) is 2.44. The van der Waals surface area contributed by atoms with Crippen molar-refractivity contribution in [3.8, 4) is 0 Å². The quantitative estimate of drug-likeness (QED) is 0.751. The van der Waals surface area contributed by atoms with Gasteiger partial charge in [0.1, 0.15) is 0 Å². The topological polar surface area (TPSA) is 15.3 Å². The molecule has 2 saturated heterocycles. The average molecular weight is 214 g/mol. The van der Waals surface area contributed by atoms with Crippen molar-refractivity contribution in [1.82, 2.24) is 10.2 Å². The molecule has 0 aromatic carbocycles. The van der Waals surface area contributed by atoms with Crippen LogP contribution < -0.4 is 5.32 Å². The van der Waals surface area contributed by atoms with Crippen LogP contribution in [0.2, 0.25) is 0 Å². The van der Waals surface area contributed by atoms with Crippen molar-refractivity contribution in [3.63, 3.8) is 0 Å². The van der Waals surface area contributed by atoms with Crippen LogP contribution in [0.5, 0.6) is 0 Å². The Morgan fingerprint density at radius 3 is 2.86 bits per heavy atom. The minimum absolute atomic E-state index is 0.724. The van der Waals surface area contributed by atoms with Crippen molar-refractivity contribution in [2.75, 3.05) is 25.9 Å². The van der Waals surface area contributed by atoms with E-state index in [-0.39, 0.29) is 0 Å². The van der Waals surface area contributed by atoms with Gasteiger partial charge in [0.15, 0.2) is 0 Å². The second-order valence-electron chi connectivity index (χ2n) is 4.67. The summed E-state index contributed by atoms with van der Waals surface area (Å²) in [6.45, 7) is 6.20. The van der Waals surface area contributed by atoms with Crippen LogP contribution in [-0.2, 0) is 0 Å². The van der Waals surface area contributed by atoms with E-state index in [4.69, 9.17) is 0 Å². The molecule has 1 N–H and O–H groups in total. The van der Waals surface area contributed by atoms with E-state index in [1.54, 1.807) is 0 Å². The van der Waals surface area contributed by atoms with Gasteiger partial charge >= 0.3 is 0 Å². The number of hydrogen-bond acceptors (Lipinski definition) is 3. The van der Waals surface area contributed by atoms with Crippen LogP contribution >= 0.6 is 11.8 Å². The van der Waals surface area contributed by atoms with Crippen LogP contribution in [0.3, 0.4) is 0 Å². The van der Waals surface area contributed by atoms with Gasteiger partial charge in [-0.1, -0.05) is 0 Å². The maximum Gasteiger partial charge on any atom is 0.0184 e. The number of nitrogens with zero attached hydrogens (tertiary/aromatic N) is 1. The molecular formula is C11H22N2S. The normalized spacial score (nSPS) is 40.3. The third-order valence-corrected chi connectivity index (χ3v) is 4.67. The summed E-state index contributed by atoms with van der Waals surface area (Å²) in [5, 5.41) is 4.43. The lowest BCUT2D eigenvalue weighted by Gasteiger charge is -2.34. The van der Waals surface area contributed by atoms with Crippen LogP contribution in [0.1, 0.15) is 26.2 Å². The lowest BCUT2D eigenvalue weighted by Crippen LogP contribution is -2.46. The van der Waals surface area contributed by atoms with Crippen molar-refractivity contribution in [2.45, 2.75) is 43.5 Å². The molecule has 0 aliphatic carbocycles. The van der Waals surface area contributed by atoms with Crippen molar-refractivity contribution in [2.24, 2.45) is 0 Å². The predicted octanol–water partition coefficient (Wildman–Crippen LogP) is 1.56. The van der Waals surface area contributed by atoms with Crippen molar-refractivity contribution >= 4 is 11.8 Å². The summed E-state index contributed by atoms with van der Waals surface area (Å²) in [6, 6.07) is 1.59. The van der Waals surface area contributed by atoms with Gasteiger partial charge in [0.05, 0.1) is 0 Å². The van der Waals surface area contributed by atoms with Crippen LogP contribution in [0.15, 0.2) is 0 Å². The minimum Gasteiger partial charge on any atom is -0.314 e. The highest BCUT2D eigenvalue weighted by molar-refractivity contribution is 7.99. The Bertz CT molecular complexity index is 186. The molecule has 2 fully saturated rings. The molecule has 0 radical (unpaired) electrons. The summed E-state index contributed by atoms with van der Waals surface area (Å²) in [5.41, 5.74) is 0. The Morgan fingerprint density at radius 2 is 2.21 bits per heavy atom. The van der Waals surface area contributed by atoms with Gasteiger partial charge < -0.3 is 5.32 Å². The van der Waals surface area contributed by atoms with Crippen molar-refractivity contribution < 1.29 is 0 Å². The Labute approximate surface area is 91.8 Å². The molecule has 2 rings (SSSR count). The van der Waals surface area contributed by atoms with E-state index in [2.05, 4.69) is 23.4 Å². The molecule has 82 valence electrons. The lowest BCUT2D eigenvalue weighted by atomic mass is 9.99. The molecule has 0 aromatic rings. The number of piperidine rings is 1. The molecule has 2 heterocycles. The molecule has 0 amide bonds. The molecule has 2 aliphatic heterocycles. The Kier molecular flexibility index (Phi) is 3.74. The third-order valence-electron chi connectivity index (χ3n) is 3.62. The number of likely N-dealkylation sites (tertiary alicyclic amines) is 1. The van der Waals surface area contributed by atoms with E-state index in [9.17, 15) is 0 Å². The largest absolute Gasteiger partial charge is 0.314 e. The lowest BCUT2D eigenvalue weighted by molar-refractivity contribution is 0.179. The molecule has 2 aliphatic rings. The maximum absolute atomic E-state index is 3.53. The van der Waals surface area contributed by atoms with Gasteiger partial charge in [0, 0.05) is 23.9 Å². The van der Waals surface area contributed by atoms with E-state index in [0.29, 0.717) is 0 Å². The zero-order valence-electron chi connectivity index (χ0n) is 9.33. The standard InChI is InChI=1S/C11H22N2S/c1-9-7-10(3-5-12-9)13-6-4-11(8-13)14-2/h9-12H,3-8H2,1-2H3. The summed E-state index contributed by atoms with van der Waals surface area (Å²) in [5.74, 6) is 0. The second-order valence-corrected chi connectivity index (χ2v) is 5.81. The van der Waals surface area contributed by atoms with Crippen molar-refractivity contribution in [1.29, 1.82) is 0 Å².